The summed E-state index contributed by atoms with van der Waals surface area (Å²) >= 11 is 0. The molecule has 0 atom stereocenters. The second kappa shape index (κ2) is 8.25. The van der Waals surface area contributed by atoms with Crippen molar-refractivity contribution < 1.29 is 10.0 Å². The molecule has 0 rings (SSSR count). The molecule has 0 aliphatic rings. The van der Waals surface area contributed by atoms with Crippen molar-refractivity contribution in [3.63, 3.8) is 0 Å². The molecule has 5 heteroatoms. The minimum absolute atomic E-state index is 0.376. The van der Waals surface area contributed by atoms with Gasteiger partial charge in [-0.25, -0.2) is 0 Å². The second-order valence-corrected chi connectivity index (χ2v) is 2.94. The van der Waals surface area contributed by atoms with E-state index < -0.39 is 0 Å². The maximum absolute atomic E-state index is 10.8. The van der Waals surface area contributed by atoms with E-state index in [0.717, 1.165) is 25.7 Å². The van der Waals surface area contributed by atoms with Gasteiger partial charge in [-0.2, -0.15) is 0 Å². The number of hydrogen-bond acceptors (Lipinski definition) is 4. The van der Waals surface area contributed by atoms with Gasteiger partial charge in [0.05, 0.1) is 0 Å². The van der Waals surface area contributed by atoms with Crippen LogP contribution in [0.4, 0.5) is 0 Å². The molecule has 0 bridgehead atoms. The van der Waals surface area contributed by atoms with Gasteiger partial charge >= 0.3 is 0 Å². The molecular formula is C9H17N3O2. The summed E-state index contributed by atoms with van der Waals surface area (Å²) in [6, 6.07) is 0. The number of nitrogens with one attached hydrogen (secondary N) is 1. The Morgan fingerprint density at radius 2 is 2.43 bits per heavy atom. The summed E-state index contributed by atoms with van der Waals surface area (Å²) in [5, 5.41) is 13.2. The first-order valence-corrected chi connectivity index (χ1v) is 4.45. The molecular weight excluding hydrogens is 182 g/mol. The van der Waals surface area contributed by atoms with Crippen LogP contribution in [0.15, 0.2) is 17.8 Å². The molecule has 0 spiro atoms. The largest absolute Gasteiger partial charge is 0.411 e. The Balaban J connectivity index is 3.37. The lowest BCUT2D eigenvalue weighted by atomic mass is 10.4. The smallest absolute Gasteiger partial charge is 0.265 e. The first-order chi connectivity index (χ1) is 6.70. The lowest BCUT2D eigenvalue weighted by molar-refractivity contribution is -0.114. The fraction of sp³-hybridized carbons (Fsp3) is 0.556. The van der Waals surface area contributed by atoms with E-state index in [2.05, 4.69) is 22.0 Å². The summed E-state index contributed by atoms with van der Waals surface area (Å²) in [6.07, 6.45) is 3.53. The van der Waals surface area contributed by atoms with E-state index in [-0.39, 0.29) is 5.91 Å². The van der Waals surface area contributed by atoms with E-state index in [1.165, 1.54) is 0 Å². The Hall–Kier alpha value is -1.36. The third-order valence-corrected chi connectivity index (χ3v) is 1.63. The highest BCUT2D eigenvalue weighted by molar-refractivity contribution is 6.25. The van der Waals surface area contributed by atoms with Crippen LogP contribution in [0.2, 0.25) is 0 Å². The highest BCUT2D eigenvalue weighted by Crippen LogP contribution is 1.85. The number of hydrogen-bond donors (Lipinski definition) is 2. The van der Waals surface area contributed by atoms with Crippen molar-refractivity contribution in [3.05, 3.63) is 12.7 Å². The molecule has 0 saturated carbocycles. The van der Waals surface area contributed by atoms with Crippen LogP contribution in [0.5, 0.6) is 0 Å². The molecule has 0 aromatic carbocycles. The first-order valence-electron chi connectivity index (χ1n) is 4.45. The molecule has 0 unspecified atom stereocenters. The monoisotopic (exact) mass is 199 g/mol. The fourth-order valence-corrected chi connectivity index (χ4v) is 0.970. The predicted molar refractivity (Wildman–Crippen MR) is 55.6 cm³/mol. The van der Waals surface area contributed by atoms with E-state index in [1.807, 2.05) is 13.1 Å². The minimum atomic E-state index is -0.376. The van der Waals surface area contributed by atoms with Gasteiger partial charge in [0.25, 0.3) is 5.91 Å². The third-order valence-electron chi connectivity index (χ3n) is 1.63. The van der Waals surface area contributed by atoms with Crippen LogP contribution in [-0.4, -0.2) is 48.9 Å². The zero-order valence-corrected chi connectivity index (χ0v) is 8.44. The molecule has 0 aromatic heterocycles. The minimum Gasteiger partial charge on any atom is -0.411 e. The molecule has 1 amide bonds. The van der Waals surface area contributed by atoms with E-state index in [9.17, 15) is 4.79 Å². The van der Waals surface area contributed by atoms with Crippen LogP contribution in [0.25, 0.3) is 0 Å². The lowest BCUT2D eigenvalue weighted by Gasteiger charge is -2.13. The van der Waals surface area contributed by atoms with Crippen LogP contribution in [0, 0.1) is 0 Å². The molecule has 0 aliphatic heterocycles. The van der Waals surface area contributed by atoms with Gasteiger partial charge < -0.3 is 15.4 Å². The Morgan fingerprint density at radius 3 is 3.00 bits per heavy atom. The van der Waals surface area contributed by atoms with E-state index >= 15 is 0 Å². The Kier molecular flexibility index (Phi) is 7.45. The van der Waals surface area contributed by atoms with Crippen molar-refractivity contribution >= 4 is 12.1 Å². The molecule has 0 aliphatic carbocycles. The average molecular weight is 199 g/mol. The van der Waals surface area contributed by atoms with Gasteiger partial charge in [-0.1, -0.05) is 11.2 Å². The molecule has 14 heavy (non-hydrogen) atoms. The van der Waals surface area contributed by atoms with E-state index in [0.29, 0.717) is 6.54 Å². The summed E-state index contributed by atoms with van der Waals surface area (Å²) in [6.45, 7) is 5.93. The summed E-state index contributed by atoms with van der Waals surface area (Å²) in [7, 11) is 1.98. The lowest BCUT2D eigenvalue weighted by Crippen LogP contribution is -2.28. The van der Waals surface area contributed by atoms with Gasteiger partial charge in [0.1, 0.15) is 6.21 Å². The number of rotatable bonds is 7. The Bertz CT molecular complexity index is 204. The topological polar surface area (TPSA) is 64.9 Å². The maximum atomic E-state index is 10.8. The Labute approximate surface area is 84.1 Å². The maximum Gasteiger partial charge on any atom is 0.265 e. The predicted octanol–water partition coefficient (Wildman–Crippen LogP) is 0.0705. The molecule has 0 heterocycles. The van der Waals surface area contributed by atoms with Crippen molar-refractivity contribution in [1.29, 1.82) is 0 Å². The summed E-state index contributed by atoms with van der Waals surface area (Å²) in [4.78, 5) is 12.9. The molecule has 80 valence electrons. The average Bonchev–Trinajstić information content (AvgIpc) is 2.13. The number of oxime groups is 1. The summed E-state index contributed by atoms with van der Waals surface area (Å²) in [5.74, 6) is -0.376. The van der Waals surface area contributed by atoms with E-state index in [1.54, 1.807) is 0 Å². The van der Waals surface area contributed by atoms with Crippen LogP contribution in [-0.2, 0) is 4.79 Å². The van der Waals surface area contributed by atoms with Gasteiger partial charge in [0, 0.05) is 13.1 Å². The third kappa shape index (κ3) is 7.30. The SMILES string of the molecule is C=CCN(C)CCCNC(=O)C=NO. The van der Waals surface area contributed by atoms with Gasteiger partial charge in [-0.3, -0.25) is 4.79 Å². The van der Waals surface area contributed by atoms with Crippen LogP contribution in [0.1, 0.15) is 6.42 Å². The molecule has 5 nitrogen and oxygen atoms in total. The number of likely N-dealkylation sites (N-methyl/N-ethyl adjacent to an activating group) is 1. The van der Waals surface area contributed by atoms with Crippen molar-refractivity contribution in [1.82, 2.24) is 10.2 Å². The second-order valence-electron chi connectivity index (χ2n) is 2.94. The quantitative estimate of drug-likeness (QED) is 0.200. The number of amides is 1. The normalized spacial score (nSPS) is 10.7. The number of carbonyl (C=O) groups excluding carboxylic acids is 1. The van der Waals surface area contributed by atoms with Crippen LogP contribution >= 0.6 is 0 Å². The van der Waals surface area contributed by atoms with Gasteiger partial charge in [0.2, 0.25) is 0 Å². The molecule has 0 aromatic rings. The van der Waals surface area contributed by atoms with Crippen molar-refractivity contribution in [2.75, 3.05) is 26.7 Å². The van der Waals surface area contributed by atoms with Gasteiger partial charge in [0.15, 0.2) is 0 Å². The van der Waals surface area contributed by atoms with Gasteiger partial charge in [-0.05, 0) is 20.0 Å². The first kappa shape index (κ1) is 12.6. The molecule has 0 fully saturated rings. The standard InChI is InChI=1S/C9H17N3O2/c1-3-6-12(2)7-4-5-10-9(13)8-11-14/h3,8,14H,1,4-7H2,2H3,(H,10,13). The summed E-state index contributed by atoms with van der Waals surface area (Å²) < 4.78 is 0. The molecule has 0 radical (unpaired) electrons. The zero-order valence-electron chi connectivity index (χ0n) is 8.44. The highest BCUT2D eigenvalue weighted by atomic mass is 16.4. The molecule has 0 saturated heterocycles. The number of carbonyl (C=O) groups is 1. The van der Waals surface area contributed by atoms with Crippen molar-refractivity contribution in [3.8, 4) is 0 Å². The fourth-order valence-electron chi connectivity index (χ4n) is 0.970. The van der Waals surface area contributed by atoms with Crippen LogP contribution < -0.4 is 5.32 Å². The number of nitrogens with zero attached hydrogens (tertiary/aromatic N) is 2. The highest BCUT2D eigenvalue weighted by Gasteiger charge is 1.97. The molecule has 2 N–H and O–H groups in total. The van der Waals surface area contributed by atoms with Gasteiger partial charge in [-0.15, -0.1) is 6.58 Å². The van der Waals surface area contributed by atoms with Crippen molar-refractivity contribution in [2.45, 2.75) is 6.42 Å². The zero-order chi connectivity index (χ0) is 10.8. The van der Waals surface area contributed by atoms with Crippen LogP contribution in [0.3, 0.4) is 0 Å². The van der Waals surface area contributed by atoms with E-state index in [4.69, 9.17) is 5.21 Å². The Morgan fingerprint density at radius 1 is 1.71 bits per heavy atom. The van der Waals surface area contributed by atoms with Crippen molar-refractivity contribution in [2.24, 2.45) is 5.16 Å². The summed E-state index contributed by atoms with van der Waals surface area (Å²) in [5.41, 5.74) is 0.